The molecule has 4 heteroatoms. The molecule has 0 spiro atoms. The van der Waals surface area contributed by atoms with Gasteiger partial charge in [-0.05, 0) is 49.1 Å². The second kappa shape index (κ2) is 6.75. The SMILES string of the molecule is CC(O)C1CCCN(C(=O)NC2CCC(C)(C)c3ccccc32)C1. The first-order chi connectivity index (χ1) is 11.4. The topological polar surface area (TPSA) is 52.6 Å². The van der Waals surface area contributed by atoms with Crippen molar-refractivity contribution >= 4 is 6.03 Å². The van der Waals surface area contributed by atoms with Crippen molar-refractivity contribution in [2.45, 2.75) is 64.0 Å². The molecule has 1 saturated heterocycles. The van der Waals surface area contributed by atoms with Crippen LogP contribution in [-0.2, 0) is 5.41 Å². The minimum absolute atomic E-state index is 0.0138. The normalized spacial score (nSPS) is 27.2. The maximum absolute atomic E-state index is 12.7. The van der Waals surface area contributed by atoms with Crippen LogP contribution >= 0.6 is 0 Å². The largest absolute Gasteiger partial charge is 0.393 e. The Hall–Kier alpha value is -1.55. The molecule has 3 rings (SSSR count). The van der Waals surface area contributed by atoms with Crippen molar-refractivity contribution in [1.82, 2.24) is 10.2 Å². The average Bonchev–Trinajstić information content (AvgIpc) is 2.58. The lowest BCUT2D eigenvalue weighted by molar-refractivity contribution is 0.0730. The first-order valence-corrected chi connectivity index (χ1v) is 9.21. The molecule has 0 radical (unpaired) electrons. The van der Waals surface area contributed by atoms with Gasteiger partial charge in [0.1, 0.15) is 0 Å². The molecule has 24 heavy (non-hydrogen) atoms. The Labute approximate surface area is 145 Å². The highest BCUT2D eigenvalue weighted by atomic mass is 16.3. The van der Waals surface area contributed by atoms with Gasteiger partial charge in [0.05, 0.1) is 12.1 Å². The number of fused-ring (bicyclic) bond motifs is 1. The molecule has 2 amide bonds. The van der Waals surface area contributed by atoms with Crippen LogP contribution in [0.4, 0.5) is 4.79 Å². The predicted octanol–water partition coefficient (Wildman–Crippen LogP) is 3.60. The van der Waals surface area contributed by atoms with Crippen LogP contribution in [0.25, 0.3) is 0 Å². The number of benzene rings is 1. The zero-order chi connectivity index (χ0) is 17.3. The van der Waals surface area contributed by atoms with Gasteiger partial charge in [-0.1, -0.05) is 38.1 Å². The Morgan fingerprint density at radius 3 is 2.83 bits per heavy atom. The fourth-order valence-corrected chi connectivity index (χ4v) is 4.19. The highest BCUT2D eigenvalue weighted by molar-refractivity contribution is 5.75. The van der Waals surface area contributed by atoms with Gasteiger partial charge in [-0.25, -0.2) is 4.79 Å². The summed E-state index contributed by atoms with van der Waals surface area (Å²) in [5, 5.41) is 13.1. The number of aliphatic hydroxyl groups is 1. The molecule has 1 fully saturated rings. The second-order valence-electron chi connectivity index (χ2n) is 8.10. The van der Waals surface area contributed by atoms with E-state index in [9.17, 15) is 9.90 Å². The highest BCUT2D eigenvalue weighted by Gasteiger charge is 2.34. The van der Waals surface area contributed by atoms with Crippen LogP contribution in [0, 0.1) is 5.92 Å². The average molecular weight is 330 g/mol. The quantitative estimate of drug-likeness (QED) is 0.870. The number of hydrogen-bond donors (Lipinski definition) is 2. The summed E-state index contributed by atoms with van der Waals surface area (Å²) < 4.78 is 0. The summed E-state index contributed by atoms with van der Waals surface area (Å²) in [4.78, 5) is 14.6. The van der Waals surface area contributed by atoms with E-state index in [1.165, 1.54) is 11.1 Å². The summed E-state index contributed by atoms with van der Waals surface area (Å²) in [6, 6.07) is 8.59. The van der Waals surface area contributed by atoms with E-state index < -0.39 is 0 Å². The summed E-state index contributed by atoms with van der Waals surface area (Å²) in [5.74, 6) is 0.196. The Morgan fingerprint density at radius 1 is 1.33 bits per heavy atom. The number of carbonyl (C=O) groups is 1. The molecule has 2 aliphatic rings. The van der Waals surface area contributed by atoms with Gasteiger partial charge < -0.3 is 15.3 Å². The van der Waals surface area contributed by atoms with Gasteiger partial charge in [-0.15, -0.1) is 0 Å². The number of amides is 2. The van der Waals surface area contributed by atoms with Crippen LogP contribution in [0.2, 0.25) is 0 Å². The fraction of sp³-hybridized carbons (Fsp3) is 0.650. The molecule has 2 N–H and O–H groups in total. The van der Waals surface area contributed by atoms with E-state index in [0.29, 0.717) is 6.54 Å². The summed E-state index contributed by atoms with van der Waals surface area (Å²) >= 11 is 0. The zero-order valence-corrected chi connectivity index (χ0v) is 15.1. The van der Waals surface area contributed by atoms with Crippen molar-refractivity contribution in [2.75, 3.05) is 13.1 Å². The molecule has 0 saturated carbocycles. The van der Waals surface area contributed by atoms with Crippen LogP contribution in [0.3, 0.4) is 0 Å². The van der Waals surface area contributed by atoms with E-state index >= 15 is 0 Å². The molecule has 4 nitrogen and oxygen atoms in total. The number of nitrogens with zero attached hydrogens (tertiary/aromatic N) is 1. The maximum atomic E-state index is 12.7. The maximum Gasteiger partial charge on any atom is 0.317 e. The molecule has 1 aromatic rings. The number of carbonyl (C=O) groups excluding carboxylic acids is 1. The number of likely N-dealkylation sites (tertiary alicyclic amines) is 1. The molecule has 3 atom stereocenters. The highest BCUT2D eigenvalue weighted by Crippen LogP contribution is 2.41. The van der Waals surface area contributed by atoms with E-state index in [0.717, 1.165) is 32.2 Å². The lowest BCUT2D eigenvalue weighted by atomic mass is 9.71. The first kappa shape index (κ1) is 17.3. The van der Waals surface area contributed by atoms with Crippen molar-refractivity contribution < 1.29 is 9.90 Å². The summed E-state index contributed by atoms with van der Waals surface area (Å²) in [7, 11) is 0. The van der Waals surface area contributed by atoms with E-state index in [1.54, 1.807) is 0 Å². The minimum atomic E-state index is -0.350. The summed E-state index contributed by atoms with van der Waals surface area (Å²) in [6.07, 6.45) is 3.67. The third-order valence-electron chi connectivity index (χ3n) is 5.85. The molecular formula is C20H30N2O2. The van der Waals surface area contributed by atoms with E-state index in [1.807, 2.05) is 11.8 Å². The fourth-order valence-electron chi connectivity index (χ4n) is 4.19. The molecule has 1 aliphatic heterocycles. The third-order valence-corrected chi connectivity index (χ3v) is 5.85. The molecule has 132 valence electrons. The van der Waals surface area contributed by atoms with Gasteiger partial charge in [0.25, 0.3) is 0 Å². The summed E-state index contributed by atoms with van der Waals surface area (Å²) in [6.45, 7) is 7.83. The first-order valence-electron chi connectivity index (χ1n) is 9.21. The van der Waals surface area contributed by atoms with Gasteiger partial charge in [0.15, 0.2) is 0 Å². The Bertz CT molecular complexity index is 597. The van der Waals surface area contributed by atoms with Crippen LogP contribution in [-0.4, -0.2) is 35.2 Å². The smallest absolute Gasteiger partial charge is 0.317 e. The summed E-state index contributed by atoms with van der Waals surface area (Å²) in [5.41, 5.74) is 2.77. The molecule has 0 aromatic heterocycles. The van der Waals surface area contributed by atoms with Crippen molar-refractivity contribution in [1.29, 1.82) is 0 Å². The molecular weight excluding hydrogens is 300 g/mol. The van der Waals surface area contributed by atoms with Crippen molar-refractivity contribution in [2.24, 2.45) is 5.92 Å². The Kier molecular flexibility index (Phi) is 4.86. The van der Waals surface area contributed by atoms with Crippen LogP contribution in [0.1, 0.15) is 63.6 Å². The van der Waals surface area contributed by atoms with Gasteiger partial charge in [0.2, 0.25) is 0 Å². The Balaban J connectivity index is 1.71. The van der Waals surface area contributed by atoms with Gasteiger partial charge in [0, 0.05) is 19.0 Å². The predicted molar refractivity (Wildman–Crippen MR) is 96.0 cm³/mol. The van der Waals surface area contributed by atoms with Crippen molar-refractivity contribution in [3.05, 3.63) is 35.4 Å². The van der Waals surface area contributed by atoms with Crippen molar-refractivity contribution in [3.8, 4) is 0 Å². The molecule has 1 heterocycles. The zero-order valence-electron chi connectivity index (χ0n) is 15.1. The monoisotopic (exact) mass is 330 g/mol. The van der Waals surface area contributed by atoms with Gasteiger partial charge in [-0.2, -0.15) is 0 Å². The number of aliphatic hydroxyl groups excluding tert-OH is 1. The van der Waals surface area contributed by atoms with Crippen molar-refractivity contribution in [3.63, 3.8) is 0 Å². The lowest BCUT2D eigenvalue weighted by Crippen LogP contribution is -2.49. The standard InChI is InChI=1S/C20H30N2O2/c1-14(23)15-7-6-12-22(13-15)19(24)21-18-10-11-20(2,3)17-9-5-4-8-16(17)18/h4-5,8-9,14-15,18,23H,6-7,10-13H2,1-3H3,(H,21,24). The molecule has 0 bridgehead atoms. The van der Waals surface area contributed by atoms with Gasteiger partial charge in [-0.3, -0.25) is 0 Å². The number of nitrogens with one attached hydrogen (secondary N) is 1. The molecule has 1 aliphatic carbocycles. The van der Waals surface area contributed by atoms with E-state index in [2.05, 4.69) is 43.4 Å². The Morgan fingerprint density at radius 2 is 2.08 bits per heavy atom. The molecule has 1 aromatic carbocycles. The second-order valence-corrected chi connectivity index (χ2v) is 8.10. The van der Waals surface area contributed by atoms with E-state index in [4.69, 9.17) is 0 Å². The number of piperidine rings is 1. The minimum Gasteiger partial charge on any atom is -0.393 e. The lowest BCUT2D eigenvalue weighted by Gasteiger charge is -2.39. The number of hydrogen-bond acceptors (Lipinski definition) is 2. The third kappa shape index (κ3) is 3.44. The van der Waals surface area contributed by atoms with E-state index in [-0.39, 0.29) is 29.5 Å². The number of rotatable bonds is 2. The number of urea groups is 1. The molecule has 3 unspecified atom stereocenters. The van der Waals surface area contributed by atoms with Crippen LogP contribution < -0.4 is 5.32 Å². The van der Waals surface area contributed by atoms with Crippen LogP contribution in [0.15, 0.2) is 24.3 Å². The van der Waals surface area contributed by atoms with Gasteiger partial charge >= 0.3 is 6.03 Å². The van der Waals surface area contributed by atoms with Crippen LogP contribution in [0.5, 0.6) is 0 Å².